The van der Waals surface area contributed by atoms with E-state index in [9.17, 15) is 0 Å². The highest BCUT2D eigenvalue weighted by Gasteiger charge is 2.53. The number of furan rings is 1. The molecule has 0 N–H and O–H groups in total. The van der Waals surface area contributed by atoms with Crippen LogP contribution in [0.25, 0.3) is 87.6 Å². The fourth-order valence-electron chi connectivity index (χ4n) is 9.73. The topological polar surface area (TPSA) is 13.1 Å². The van der Waals surface area contributed by atoms with Crippen LogP contribution in [-0.4, -0.2) is 0 Å². The first kappa shape index (κ1) is 26.5. The van der Waals surface area contributed by atoms with E-state index in [1.165, 1.54) is 88.0 Å². The van der Waals surface area contributed by atoms with E-state index in [0.29, 0.717) is 0 Å². The van der Waals surface area contributed by atoms with Gasteiger partial charge in [-0.1, -0.05) is 140 Å². The fourth-order valence-corrected chi connectivity index (χ4v) is 9.73. The van der Waals surface area contributed by atoms with Gasteiger partial charge in [0.25, 0.3) is 0 Å². The zero-order valence-electron chi connectivity index (χ0n) is 27.1. The van der Waals surface area contributed by atoms with Gasteiger partial charge in [-0.3, -0.25) is 0 Å². The molecule has 1 aromatic heterocycles. The zero-order chi connectivity index (χ0) is 32.6. The summed E-state index contributed by atoms with van der Waals surface area (Å²) in [5, 5.41) is 10.1. The zero-order valence-corrected chi connectivity index (χ0v) is 27.1. The molecule has 0 radical (unpaired) electrons. The molecule has 0 aliphatic heterocycles. The highest BCUT2D eigenvalue weighted by Crippen LogP contribution is 2.65. The Bertz CT molecular complexity index is 3100. The first-order valence-electron chi connectivity index (χ1n) is 17.4. The molecular formula is C49H28O. The molecule has 1 spiro atoms. The lowest BCUT2D eigenvalue weighted by Gasteiger charge is -2.32. The molecule has 9 aromatic carbocycles. The van der Waals surface area contributed by atoms with Crippen molar-refractivity contribution in [2.45, 2.75) is 5.41 Å². The third-order valence-electron chi connectivity index (χ3n) is 11.7. The van der Waals surface area contributed by atoms with Crippen molar-refractivity contribution >= 4 is 54.3 Å². The number of rotatable bonds is 1. The Morgan fingerprint density at radius 3 is 1.54 bits per heavy atom. The average Bonchev–Trinajstić information content (AvgIpc) is 3.81. The van der Waals surface area contributed by atoms with Gasteiger partial charge in [-0.15, -0.1) is 0 Å². The minimum absolute atomic E-state index is 0.483. The predicted octanol–water partition coefficient (Wildman–Crippen LogP) is 13.1. The highest BCUT2D eigenvalue weighted by atomic mass is 16.3. The van der Waals surface area contributed by atoms with Gasteiger partial charge in [0, 0.05) is 10.8 Å². The molecule has 0 fully saturated rings. The van der Waals surface area contributed by atoms with Crippen molar-refractivity contribution < 1.29 is 4.42 Å². The van der Waals surface area contributed by atoms with Crippen LogP contribution in [0.1, 0.15) is 22.3 Å². The molecule has 1 nitrogen and oxygen atoms in total. The predicted molar refractivity (Wildman–Crippen MR) is 208 cm³/mol. The van der Waals surface area contributed by atoms with Gasteiger partial charge in [-0.25, -0.2) is 0 Å². The Labute approximate surface area is 288 Å². The summed E-state index contributed by atoms with van der Waals surface area (Å²) >= 11 is 0. The van der Waals surface area contributed by atoms with Crippen LogP contribution in [0.15, 0.2) is 174 Å². The maximum atomic E-state index is 6.28. The van der Waals surface area contributed by atoms with Crippen molar-refractivity contribution in [3.8, 4) is 33.4 Å². The summed E-state index contributed by atoms with van der Waals surface area (Å²) in [6.07, 6.45) is 0. The molecule has 2 aliphatic rings. The minimum Gasteiger partial charge on any atom is -0.456 e. The molecule has 0 bridgehead atoms. The smallest absolute Gasteiger partial charge is 0.135 e. The number of benzene rings is 9. The highest BCUT2D eigenvalue weighted by molar-refractivity contribution is 6.26. The number of hydrogen-bond acceptors (Lipinski definition) is 1. The average molecular weight is 633 g/mol. The summed E-state index contributed by atoms with van der Waals surface area (Å²) in [6, 6.07) is 63.2. The summed E-state index contributed by atoms with van der Waals surface area (Å²) in [5.74, 6) is 0. The second-order valence-corrected chi connectivity index (χ2v) is 13.9. The molecule has 0 amide bonds. The monoisotopic (exact) mass is 632 g/mol. The van der Waals surface area contributed by atoms with E-state index in [4.69, 9.17) is 4.42 Å². The van der Waals surface area contributed by atoms with E-state index in [1.807, 2.05) is 6.07 Å². The SMILES string of the molecule is c1ccc2c(c1)-c1cc3c4ccccc4c4ccccc4c3cc1C21c2ccccc2-c2cccc(-c3ccc4oc5ccccc5c4c3)c21. The largest absolute Gasteiger partial charge is 0.456 e. The van der Waals surface area contributed by atoms with Gasteiger partial charge >= 0.3 is 0 Å². The van der Waals surface area contributed by atoms with E-state index >= 15 is 0 Å². The van der Waals surface area contributed by atoms with Crippen molar-refractivity contribution in [3.05, 3.63) is 192 Å². The Morgan fingerprint density at radius 2 is 0.820 bits per heavy atom. The molecule has 50 heavy (non-hydrogen) atoms. The Hall–Kier alpha value is -6.44. The van der Waals surface area contributed by atoms with Crippen LogP contribution < -0.4 is 0 Å². The Morgan fingerprint density at radius 1 is 0.300 bits per heavy atom. The molecule has 1 atom stereocenters. The quantitative estimate of drug-likeness (QED) is 0.164. The standard InChI is InChI=1S/C49H28O/c1-3-14-33-31(12-1)32-13-2-4-15-34(32)40-28-45-41(27-39(33)40)36-17-6-9-22-44(36)49(45)43-21-8-5-16-35(43)38-20-11-19-30(48(38)49)29-24-25-47-42(26-29)37-18-7-10-23-46(37)50-47/h1-28H. The van der Waals surface area contributed by atoms with Crippen LogP contribution in [0.5, 0.6) is 0 Å². The summed E-state index contributed by atoms with van der Waals surface area (Å²) in [7, 11) is 0. The lowest BCUT2D eigenvalue weighted by molar-refractivity contribution is 0.669. The molecular weight excluding hydrogens is 605 g/mol. The van der Waals surface area contributed by atoms with Crippen molar-refractivity contribution in [1.29, 1.82) is 0 Å². The van der Waals surface area contributed by atoms with E-state index in [2.05, 4.69) is 164 Å². The molecule has 2 aliphatic carbocycles. The van der Waals surface area contributed by atoms with Crippen molar-refractivity contribution in [1.82, 2.24) is 0 Å². The normalized spacial score (nSPS) is 15.7. The summed E-state index contributed by atoms with van der Waals surface area (Å²) in [4.78, 5) is 0. The molecule has 1 heterocycles. The molecule has 1 heteroatoms. The van der Waals surface area contributed by atoms with Gasteiger partial charge in [-0.05, 0) is 118 Å². The lowest BCUT2D eigenvalue weighted by Crippen LogP contribution is -2.26. The lowest BCUT2D eigenvalue weighted by atomic mass is 9.68. The van der Waals surface area contributed by atoms with Gasteiger partial charge in [0.2, 0.25) is 0 Å². The molecule has 230 valence electrons. The second-order valence-electron chi connectivity index (χ2n) is 13.9. The van der Waals surface area contributed by atoms with Gasteiger partial charge in [-0.2, -0.15) is 0 Å². The molecule has 0 saturated heterocycles. The van der Waals surface area contributed by atoms with Crippen LogP contribution in [0.4, 0.5) is 0 Å². The van der Waals surface area contributed by atoms with Gasteiger partial charge in [0.1, 0.15) is 11.2 Å². The van der Waals surface area contributed by atoms with E-state index in [-0.39, 0.29) is 0 Å². The molecule has 12 rings (SSSR count). The third kappa shape index (κ3) is 3.14. The van der Waals surface area contributed by atoms with E-state index in [0.717, 1.165) is 21.9 Å². The first-order chi connectivity index (χ1) is 24.8. The third-order valence-corrected chi connectivity index (χ3v) is 11.7. The first-order valence-corrected chi connectivity index (χ1v) is 17.4. The second kappa shape index (κ2) is 9.37. The molecule has 10 aromatic rings. The van der Waals surface area contributed by atoms with Crippen molar-refractivity contribution in [3.63, 3.8) is 0 Å². The number of fused-ring (bicyclic) bond motifs is 19. The fraction of sp³-hybridized carbons (Fsp3) is 0.0204. The summed E-state index contributed by atoms with van der Waals surface area (Å²) in [6.45, 7) is 0. The van der Waals surface area contributed by atoms with Crippen LogP contribution in [0.3, 0.4) is 0 Å². The van der Waals surface area contributed by atoms with Crippen molar-refractivity contribution in [2.75, 3.05) is 0 Å². The van der Waals surface area contributed by atoms with Gasteiger partial charge in [0.15, 0.2) is 0 Å². The van der Waals surface area contributed by atoms with Crippen LogP contribution in [-0.2, 0) is 5.41 Å². The maximum Gasteiger partial charge on any atom is 0.135 e. The maximum absolute atomic E-state index is 6.28. The van der Waals surface area contributed by atoms with E-state index in [1.54, 1.807) is 0 Å². The molecule has 0 saturated carbocycles. The van der Waals surface area contributed by atoms with Crippen LogP contribution in [0.2, 0.25) is 0 Å². The van der Waals surface area contributed by atoms with Crippen LogP contribution >= 0.6 is 0 Å². The summed E-state index contributed by atoms with van der Waals surface area (Å²) < 4.78 is 6.28. The van der Waals surface area contributed by atoms with Gasteiger partial charge in [0.05, 0.1) is 5.41 Å². The Balaban J connectivity index is 1.25. The van der Waals surface area contributed by atoms with Crippen molar-refractivity contribution in [2.24, 2.45) is 0 Å². The molecule has 1 unspecified atom stereocenters. The number of hydrogen-bond donors (Lipinski definition) is 0. The van der Waals surface area contributed by atoms with Gasteiger partial charge < -0.3 is 4.42 Å². The summed E-state index contributed by atoms with van der Waals surface area (Å²) in [5.41, 5.74) is 14.5. The van der Waals surface area contributed by atoms with Crippen LogP contribution in [0, 0.1) is 0 Å². The van der Waals surface area contributed by atoms with E-state index < -0.39 is 5.41 Å². The number of para-hydroxylation sites is 1. The minimum atomic E-state index is -0.483. The Kier molecular flexibility index (Phi) is 4.97.